The van der Waals surface area contributed by atoms with E-state index in [1.54, 1.807) is 0 Å². The van der Waals surface area contributed by atoms with E-state index in [0.29, 0.717) is 11.5 Å². The first-order chi connectivity index (χ1) is 11.7. The van der Waals surface area contributed by atoms with Gasteiger partial charge in [0.25, 0.3) is 0 Å². The molecule has 7 heteroatoms. The monoisotopic (exact) mass is 384 g/mol. The Bertz CT molecular complexity index is 697. The molecule has 25 heavy (non-hydrogen) atoms. The van der Waals surface area contributed by atoms with Crippen LogP contribution in [-0.2, 0) is 9.84 Å². The fourth-order valence-electron chi connectivity index (χ4n) is 3.32. The van der Waals surface area contributed by atoms with Gasteiger partial charge in [-0.2, -0.15) is 0 Å². The summed E-state index contributed by atoms with van der Waals surface area (Å²) in [5.41, 5.74) is 3.32. The average molecular weight is 385 g/mol. The number of anilines is 1. The lowest BCUT2D eigenvalue weighted by molar-refractivity contribution is -0.858. The lowest BCUT2D eigenvalue weighted by Crippen LogP contribution is -3.05. The van der Waals surface area contributed by atoms with E-state index in [2.05, 4.69) is 56.4 Å². The van der Waals surface area contributed by atoms with Gasteiger partial charge < -0.3 is 15.1 Å². The van der Waals surface area contributed by atoms with Crippen molar-refractivity contribution in [2.75, 3.05) is 44.0 Å². The largest absolute Gasteiger partial charge is 0.345 e. The molecule has 1 aromatic carbocycles. The Labute approximate surface area is 157 Å². The molecule has 5 nitrogen and oxygen atoms in total. The second-order valence-corrected chi connectivity index (χ2v) is 9.98. The zero-order valence-electron chi connectivity index (χ0n) is 15.6. The van der Waals surface area contributed by atoms with Crippen LogP contribution in [0, 0.1) is 13.8 Å². The number of quaternary nitrogens is 1. The second kappa shape index (κ2) is 8.47. The van der Waals surface area contributed by atoms with E-state index in [0.717, 1.165) is 25.2 Å². The van der Waals surface area contributed by atoms with Crippen LogP contribution in [-0.4, -0.2) is 63.2 Å². The highest BCUT2D eigenvalue weighted by atomic mass is 32.2. The van der Waals surface area contributed by atoms with Crippen molar-refractivity contribution in [2.45, 2.75) is 32.7 Å². The molecule has 0 radical (unpaired) electrons. The van der Waals surface area contributed by atoms with E-state index < -0.39 is 9.84 Å². The Hall–Kier alpha value is -1.18. The normalized spacial score (nSPS) is 19.2. The van der Waals surface area contributed by atoms with Gasteiger partial charge in [0.2, 0.25) is 0 Å². The second-order valence-electron chi connectivity index (χ2n) is 7.37. The minimum atomic E-state index is -2.94. The molecule has 0 spiro atoms. The third-order valence-corrected chi connectivity index (χ3v) is 6.55. The molecule has 1 heterocycles. The van der Waals surface area contributed by atoms with Crippen LogP contribution in [0.25, 0.3) is 0 Å². The molecule has 1 aliphatic rings. The van der Waals surface area contributed by atoms with Gasteiger partial charge in [0.05, 0.1) is 32.1 Å². The Kier molecular flexibility index (Phi) is 6.82. The molecular weight excluding hydrogens is 354 g/mol. The molecule has 1 aliphatic heterocycles. The van der Waals surface area contributed by atoms with Crippen LogP contribution in [0.5, 0.6) is 0 Å². The smallest absolute Gasteiger partial charge is 0.173 e. The van der Waals surface area contributed by atoms with Gasteiger partial charge in [-0.1, -0.05) is 6.07 Å². The maximum atomic E-state index is 11.9. The summed E-state index contributed by atoms with van der Waals surface area (Å²) >= 11 is 5.65. The SMILES string of the molecule is Cc1cc(C)cc(NC(=S)N(CCC[NH+](C)C)[C@H]2CCS(=O)(=O)C2)c1. The molecule has 0 aliphatic carbocycles. The van der Waals surface area contributed by atoms with Crippen LogP contribution in [0.15, 0.2) is 18.2 Å². The van der Waals surface area contributed by atoms with Crippen LogP contribution in [0.2, 0.25) is 0 Å². The van der Waals surface area contributed by atoms with Crippen molar-refractivity contribution in [3.63, 3.8) is 0 Å². The van der Waals surface area contributed by atoms with Crippen molar-refractivity contribution >= 4 is 32.9 Å². The van der Waals surface area contributed by atoms with Gasteiger partial charge >= 0.3 is 0 Å². The van der Waals surface area contributed by atoms with Crippen LogP contribution < -0.4 is 10.2 Å². The number of nitrogens with one attached hydrogen (secondary N) is 2. The number of aryl methyl sites for hydroxylation is 2. The molecule has 140 valence electrons. The average Bonchev–Trinajstić information content (AvgIpc) is 2.81. The molecule has 1 fully saturated rings. The van der Waals surface area contributed by atoms with Gasteiger partial charge in [-0.25, -0.2) is 8.42 Å². The van der Waals surface area contributed by atoms with Gasteiger partial charge in [-0.15, -0.1) is 0 Å². The summed E-state index contributed by atoms with van der Waals surface area (Å²) in [7, 11) is 1.31. The first kappa shape index (κ1) is 20.1. The molecule has 1 saturated heterocycles. The summed E-state index contributed by atoms with van der Waals surface area (Å²) < 4.78 is 23.8. The topological polar surface area (TPSA) is 53.9 Å². The molecule has 0 saturated carbocycles. The van der Waals surface area contributed by atoms with Crippen LogP contribution >= 0.6 is 12.2 Å². The number of thiocarbonyl (C=S) groups is 1. The van der Waals surface area contributed by atoms with Crippen molar-refractivity contribution in [3.05, 3.63) is 29.3 Å². The zero-order chi connectivity index (χ0) is 18.6. The number of hydrogen-bond donors (Lipinski definition) is 2. The predicted molar refractivity (Wildman–Crippen MR) is 108 cm³/mol. The summed E-state index contributed by atoms with van der Waals surface area (Å²) in [6.45, 7) is 5.93. The quantitative estimate of drug-likeness (QED) is 0.718. The van der Waals surface area contributed by atoms with E-state index in [9.17, 15) is 8.42 Å². The highest BCUT2D eigenvalue weighted by Gasteiger charge is 2.33. The van der Waals surface area contributed by atoms with Crippen LogP contribution in [0.1, 0.15) is 24.0 Å². The molecule has 0 aromatic heterocycles. The number of benzene rings is 1. The summed E-state index contributed by atoms with van der Waals surface area (Å²) in [4.78, 5) is 3.47. The fourth-order valence-corrected chi connectivity index (χ4v) is 5.41. The van der Waals surface area contributed by atoms with Crippen molar-refractivity contribution in [2.24, 2.45) is 0 Å². The van der Waals surface area contributed by atoms with Crippen molar-refractivity contribution < 1.29 is 13.3 Å². The highest BCUT2D eigenvalue weighted by Crippen LogP contribution is 2.20. The summed E-state index contributed by atoms with van der Waals surface area (Å²) in [5, 5.41) is 3.95. The summed E-state index contributed by atoms with van der Waals surface area (Å²) in [6.07, 6.45) is 1.64. The Morgan fingerprint density at radius 3 is 2.44 bits per heavy atom. The van der Waals surface area contributed by atoms with E-state index >= 15 is 0 Å². The Balaban J connectivity index is 2.11. The predicted octanol–water partition coefficient (Wildman–Crippen LogP) is 1.02. The van der Waals surface area contributed by atoms with Gasteiger partial charge in [0.1, 0.15) is 0 Å². The molecule has 0 unspecified atom stereocenters. The van der Waals surface area contributed by atoms with Crippen molar-refractivity contribution in [1.82, 2.24) is 4.90 Å². The highest BCUT2D eigenvalue weighted by molar-refractivity contribution is 7.91. The molecule has 2 N–H and O–H groups in total. The molecule has 2 rings (SSSR count). The lowest BCUT2D eigenvalue weighted by atomic mass is 10.1. The van der Waals surface area contributed by atoms with E-state index in [-0.39, 0.29) is 17.5 Å². The van der Waals surface area contributed by atoms with Crippen LogP contribution in [0.4, 0.5) is 5.69 Å². The standard InChI is InChI=1S/C18H29N3O2S2/c1-14-10-15(2)12-16(11-14)19-18(24)21(8-5-7-20(3)4)17-6-9-25(22,23)13-17/h10-12,17H,5-9,13H2,1-4H3,(H,19,24)/p+1/t17-/m0/s1. The van der Waals surface area contributed by atoms with Crippen molar-refractivity contribution in [3.8, 4) is 0 Å². The van der Waals surface area contributed by atoms with E-state index in [1.165, 1.54) is 16.0 Å². The third-order valence-electron chi connectivity index (χ3n) is 4.46. The summed E-state index contributed by atoms with van der Waals surface area (Å²) in [5.74, 6) is 0.468. The fraction of sp³-hybridized carbons (Fsp3) is 0.611. The third kappa shape index (κ3) is 6.24. The maximum Gasteiger partial charge on any atom is 0.173 e. The first-order valence-electron chi connectivity index (χ1n) is 8.81. The number of sulfone groups is 1. The van der Waals surface area contributed by atoms with E-state index in [1.807, 2.05) is 0 Å². The van der Waals surface area contributed by atoms with Gasteiger partial charge in [-0.3, -0.25) is 0 Å². The van der Waals surface area contributed by atoms with Crippen LogP contribution in [0.3, 0.4) is 0 Å². The van der Waals surface area contributed by atoms with E-state index in [4.69, 9.17) is 12.2 Å². The van der Waals surface area contributed by atoms with Crippen molar-refractivity contribution in [1.29, 1.82) is 0 Å². The molecule has 0 amide bonds. The molecular formula is C18H30N3O2S2+. The summed E-state index contributed by atoms with van der Waals surface area (Å²) in [6, 6.07) is 6.22. The minimum absolute atomic E-state index is 0.0203. The first-order valence-corrected chi connectivity index (χ1v) is 11.0. The molecule has 1 atom stereocenters. The Morgan fingerprint density at radius 1 is 1.28 bits per heavy atom. The van der Waals surface area contributed by atoms with Gasteiger partial charge in [0.15, 0.2) is 14.9 Å². The molecule has 1 aromatic rings. The number of rotatable bonds is 6. The van der Waals surface area contributed by atoms with Gasteiger partial charge in [0, 0.05) is 24.7 Å². The zero-order valence-corrected chi connectivity index (χ0v) is 17.3. The van der Waals surface area contributed by atoms with Gasteiger partial charge in [-0.05, 0) is 55.7 Å². The maximum absolute atomic E-state index is 11.9. The molecule has 0 bridgehead atoms. The lowest BCUT2D eigenvalue weighted by Gasteiger charge is -2.31. The minimum Gasteiger partial charge on any atom is -0.345 e. The number of hydrogen-bond acceptors (Lipinski definition) is 3. The number of nitrogens with zero attached hydrogens (tertiary/aromatic N) is 1. The Morgan fingerprint density at radius 2 is 1.92 bits per heavy atom.